The van der Waals surface area contributed by atoms with E-state index in [9.17, 15) is 5.26 Å². The highest BCUT2D eigenvalue weighted by Gasteiger charge is 2.32. The smallest absolute Gasteiger partial charge is 0.133 e. The Morgan fingerprint density at radius 2 is 1.73 bits per heavy atom. The Kier molecular flexibility index (Phi) is 6.67. The number of thiocarbonyl (C=S) groups is 1. The van der Waals surface area contributed by atoms with E-state index in [0.717, 1.165) is 25.9 Å². The number of hydrogen-bond acceptors (Lipinski definition) is 3. The van der Waals surface area contributed by atoms with Crippen molar-refractivity contribution < 1.29 is 0 Å². The summed E-state index contributed by atoms with van der Waals surface area (Å²) < 4.78 is 0.577. The fourth-order valence-electron chi connectivity index (χ4n) is 3.75. The van der Waals surface area contributed by atoms with Gasteiger partial charge >= 0.3 is 0 Å². The molecule has 2 aromatic carbocycles. The molecule has 3 nitrogen and oxygen atoms in total. The predicted octanol–water partition coefficient (Wildman–Crippen LogP) is 3.98. The first-order chi connectivity index (χ1) is 12.7. The van der Waals surface area contributed by atoms with Gasteiger partial charge in [0.25, 0.3) is 0 Å². The van der Waals surface area contributed by atoms with Crippen molar-refractivity contribution in [1.29, 1.82) is 5.26 Å². The molecule has 134 valence electrons. The molecule has 0 aromatic heterocycles. The zero-order chi connectivity index (χ0) is 18.4. The summed E-state index contributed by atoms with van der Waals surface area (Å²) in [5, 5.41) is 12.9. The minimum Gasteiger partial charge on any atom is -0.351 e. The van der Waals surface area contributed by atoms with Crippen LogP contribution in [0.4, 0.5) is 0 Å². The van der Waals surface area contributed by atoms with Crippen LogP contribution in [0.15, 0.2) is 60.7 Å². The first-order valence-corrected chi connectivity index (χ1v) is 9.78. The minimum atomic E-state index is -0.221. The molecule has 2 aromatic rings. The highest BCUT2D eigenvalue weighted by atomic mass is 32.1. The van der Waals surface area contributed by atoms with Crippen LogP contribution in [0.3, 0.4) is 0 Å². The second kappa shape index (κ2) is 9.18. The second-order valence-electron chi connectivity index (χ2n) is 6.56. The molecule has 5 heteroatoms. The normalized spacial score (nSPS) is 20.0. The summed E-state index contributed by atoms with van der Waals surface area (Å²) in [7, 11) is 0. The molecule has 26 heavy (non-hydrogen) atoms. The molecule has 0 radical (unpaired) electrons. The largest absolute Gasteiger partial charge is 0.351 e. The van der Waals surface area contributed by atoms with E-state index in [-0.39, 0.29) is 12.1 Å². The predicted molar refractivity (Wildman–Crippen MR) is 113 cm³/mol. The third kappa shape index (κ3) is 4.45. The van der Waals surface area contributed by atoms with Crippen LogP contribution >= 0.6 is 24.8 Å². The van der Waals surface area contributed by atoms with Crippen LogP contribution in [0.25, 0.3) is 0 Å². The molecule has 0 saturated carbocycles. The van der Waals surface area contributed by atoms with Crippen molar-refractivity contribution in [3.63, 3.8) is 0 Å². The molecular weight excluding hydrogens is 358 g/mol. The van der Waals surface area contributed by atoms with E-state index in [1.165, 1.54) is 11.1 Å². The van der Waals surface area contributed by atoms with Crippen molar-refractivity contribution in [3.8, 4) is 6.07 Å². The van der Waals surface area contributed by atoms with Crippen LogP contribution in [-0.2, 0) is 0 Å². The van der Waals surface area contributed by atoms with Crippen molar-refractivity contribution in [2.45, 2.75) is 30.8 Å². The number of hydrogen-bond donors (Lipinski definition) is 2. The maximum absolute atomic E-state index is 9.55. The standard InChI is InChI=1S/C21H23N3S2/c22-15-19-20(24(21(25)26)14-13-23-19)12-11-18(16-7-3-1-4-8-16)17-9-5-2-6-10-17/h1-10,18-20,23H,11-14H2,(H,25,26). The van der Waals surface area contributed by atoms with E-state index in [4.69, 9.17) is 12.2 Å². The average Bonchev–Trinajstić information content (AvgIpc) is 2.69. The lowest BCUT2D eigenvalue weighted by molar-refractivity contribution is 0.216. The average molecular weight is 382 g/mol. The zero-order valence-corrected chi connectivity index (χ0v) is 16.3. The number of benzene rings is 2. The number of thiol groups is 1. The van der Waals surface area contributed by atoms with E-state index in [1.807, 2.05) is 12.1 Å². The Bertz CT molecular complexity index is 718. The van der Waals surface area contributed by atoms with Gasteiger partial charge in [0, 0.05) is 19.0 Å². The molecule has 0 aliphatic carbocycles. The molecule has 0 spiro atoms. The Balaban J connectivity index is 1.82. The molecule has 1 saturated heterocycles. The lowest BCUT2D eigenvalue weighted by Gasteiger charge is -2.40. The van der Waals surface area contributed by atoms with Crippen LogP contribution < -0.4 is 5.32 Å². The molecule has 2 unspecified atom stereocenters. The number of nitrogens with zero attached hydrogens (tertiary/aromatic N) is 2. The van der Waals surface area contributed by atoms with Crippen LogP contribution in [-0.4, -0.2) is 34.4 Å². The number of rotatable bonds is 5. The van der Waals surface area contributed by atoms with Gasteiger partial charge in [0.1, 0.15) is 10.4 Å². The highest BCUT2D eigenvalue weighted by molar-refractivity contribution is 8.10. The van der Waals surface area contributed by atoms with E-state index < -0.39 is 0 Å². The first kappa shape index (κ1) is 18.9. The van der Waals surface area contributed by atoms with Crippen molar-refractivity contribution in [2.75, 3.05) is 13.1 Å². The van der Waals surface area contributed by atoms with Crippen molar-refractivity contribution in [1.82, 2.24) is 10.2 Å². The summed E-state index contributed by atoms with van der Waals surface area (Å²) in [6, 6.07) is 23.4. The molecular formula is C21H23N3S2. The Hall–Kier alpha value is -1.87. The second-order valence-corrected chi connectivity index (χ2v) is 7.67. The fraction of sp³-hybridized carbons (Fsp3) is 0.333. The number of nitrogens with one attached hydrogen (secondary N) is 1. The Labute approximate surface area is 166 Å². The quantitative estimate of drug-likeness (QED) is 0.607. The summed E-state index contributed by atoms with van der Waals surface area (Å²) in [5.41, 5.74) is 2.60. The van der Waals surface area contributed by atoms with Gasteiger partial charge in [-0.15, -0.1) is 12.6 Å². The van der Waals surface area contributed by atoms with Crippen LogP contribution in [0.5, 0.6) is 0 Å². The van der Waals surface area contributed by atoms with E-state index in [1.54, 1.807) is 0 Å². The molecule has 1 aliphatic rings. The van der Waals surface area contributed by atoms with Crippen LogP contribution in [0.2, 0.25) is 0 Å². The van der Waals surface area contributed by atoms with Gasteiger partial charge in [-0.3, -0.25) is 5.32 Å². The number of nitriles is 1. The third-order valence-electron chi connectivity index (χ3n) is 5.04. The molecule has 0 bridgehead atoms. The molecule has 1 fully saturated rings. The molecule has 1 aliphatic heterocycles. The minimum absolute atomic E-state index is 0.0497. The SMILES string of the molecule is N#CC1NCCN(C(=S)S)C1CCC(c1ccccc1)c1ccccc1. The summed E-state index contributed by atoms with van der Waals surface area (Å²) >= 11 is 9.70. The van der Waals surface area contributed by atoms with Gasteiger partial charge in [-0.1, -0.05) is 72.9 Å². The summed E-state index contributed by atoms with van der Waals surface area (Å²) in [4.78, 5) is 2.09. The van der Waals surface area contributed by atoms with Gasteiger partial charge in [0.2, 0.25) is 0 Å². The van der Waals surface area contributed by atoms with Gasteiger partial charge in [-0.05, 0) is 24.0 Å². The summed E-state index contributed by atoms with van der Waals surface area (Å²) in [6.45, 7) is 1.56. The topological polar surface area (TPSA) is 39.1 Å². The summed E-state index contributed by atoms with van der Waals surface area (Å²) in [6.07, 6.45) is 1.83. The molecule has 1 N–H and O–H groups in total. The van der Waals surface area contributed by atoms with E-state index in [0.29, 0.717) is 10.2 Å². The Morgan fingerprint density at radius 1 is 1.15 bits per heavy atom. The molecule has 0 amide bonds. The van der Waals surface area contributed by atoms with Crippen LogP contribution in [0, 0.1) is 11.3 Å². The van der Waals surface area contributed by atoms with Crippen molar-refractivity contribution >= 4 is 29.2 Å². The lowest BCUT2D eigenvalue weighted by Crippen LogP contribution is -2.58. The molecule has 1 heterocycles. The zero-order valence-electron chi connectivity index (χ0n) is 14.6. The number of piperazine rings is 1. The monoisotopic (exact) mass is 381 g/mol. The van der Waals surface area contributed by atoms with Crippen LogP contribution in [0.1, 0.15) is 29.9 Å². The van der Waals surface area contributed by atoms with Gasteiger partial charge in [-0.2, -0.15) is 5.26 Å². The van der Waals surface area contributed by atoms with E-state index in [2.05, 4.69) is 77.4 Å². The first-order valence-electron chi connectivity index (χ1n) is 8.93. The van der Waals surface area contributed by atoms with Crippen molar-refractivity contribution in [2.24, 2.45) is 0 Å². The fourth-order valence-corrected chi connectivity index (χ4v) is 4.22. The van der Waals surface area contributed by atoms with E-state index >= 15 is 0 Å². The summed E-state index contributed by atoms with van der Waals surface area (Å²) in [5.74, 6) is 0.300. The maximum Gasteiger partial charge on any atom is 0.133 e. The van der Waals surface area contributed by atoms with Gasteiger partial charge in [0.05, 0.1) is 12.1 Å². The Morgan fingerprint density at radius 3 is 2.23 bits per heavy atom. The molecule has 3 rings (SSSR count). The lowest BCUT2D eigenvalue weighted by atomic mass is 9.85. The van der Waals surface area contributed by atoms with Gasteiger partial charge < -0.3 is 4.90 Å². The third-order valence-corrected chi connectivity index (χ3v) is 5.53. The highest BCUT2D eigenvalue weighted by Crippen LogP contribution is 2.31. The maximum atomic E-state index is 9.55. The van der Waals surface area contributed by atoms with Crippen molar-refractivity contribution in [3.05, 3.63) is 71.8 Å². The van der Waals surface area contributed by atoms with Gasteiger partial charge in [0.15, 0.2) is 0 Å². The molecule has 2 atom stereocenters. The van der Waals surface area contributed by atoms with Gasteiger partial charge in [-0.25, -0.2) is 0 Å².